The maximum atomic E-state index is 5.50. The molecule has 0 atom stereocenters. The highest BCUT2D eigenvalue weighted by Gasteiger charge is 2.26. The van der Waals surface area contributed by atoms with Crippen LogP contribution in [0.5, 0.6) is 0 Å². The van der Waals surface area contributed by atoms with E-state index in [1.54, 1.807) is 0 Å². The first-order chi connectivity index (χ1) is 13.2. The number of aromatic nitrogens is 4. The number of imidazole rings is 1. The number of nitrogens with zero attached hydrogens (tertiary/aromatic N) is 5. The summed E-state index contributed by atoms with van der Waals surface area (Å²) in [7, 11) is 0. The largest absolute Gasteiger partial charge is 0.339 e. The smallest absolute Gasteiger partial charge is 0.229 e. The van der Waals surface area contributed by atoms with Gasteiger partial charge < -0.3 is 9.09 Å². The summed E-state index contributed by atoms with van der Waals surface area (Å²) in [6, 6.07) is 10.5. The van der Waals surface area contributed by atoms with Crippen LogP contribution in [0.3, 0.4) is 0 Å². The first-order valence-corrected chi connectivity index (χ1v) is 9.79. The summed E-state index contributed by atoms with van der Waals surface area (Å²) < 4.78 is 7.74. The predicted octanol–water partition coefficient (Wildman–Crippen LogP) is 3.82. The zero-order valence-corrected chi connectivity index (χ0v) is 16.1. The Kier molecular flexibility index (Phi) is 5.34. The lowest BCUT2D eigenvalue weighted by Gasteiger charge is -2.30. The Morgan fingerprint density at radius 3 is 2.59 bits per heavy atom. The molecule has 0 spiro atoms. The zero-order valence-electron chi connectivity index (χ0n) is 16.1. The molecule has 1 saturated heterocycles. The number of hydrogen-bond acceptors (Lipinski definition) is 5. The van der Waals surface area contributed by atoms with Crippen molar-refractivity contribution in [2.24, 2.45) is 0 Å². The second kappa shape index (κ2) is 8.05. The maximum absolute atomic E-state index is 5.50. The molecule has 4 rings (SSSR count). The van der Waals surface area contributed by atoms with E-state index in [-0.39, 0.29) is 0 Å². The first kappa shape index (κ1) is 17.9. The normalized spacial score (nSPS) is 16.3. The summed E-state index contributed by atoms with van der Waals surface area (Å²) >= 11 is 0. The number of likely N-dealkylation sites (tertiary alicyclic amines) is 1. The molecule has 1 fully saturated rings. The third kappa shape index (κ3) is 4.27. The highest BCUT2D eigenvalue weighted by molar-refractivity contribution is 5.15. The van der Waals surface area contributed by atoms with Gasteiger partial charge in [0.05, 0.1) is 6.54 Å². The maximum Gasteiger partial charge on any atom is 0.229 e. The van der Waals surface area contributed by atoms with Crippen LogP contribution >= 0.6 is 0 Å². The molecular weight excluding hydrogens is 338 g/mol. The van der Waals surface area contributed by atoms with E-state index < -0.39 is 0 Å². The molecule has 0 saturated carbocycles. The molecular formula is C21H27N5O. The van der Waals surface area contributed by atoms with E-state index in [0.29, 0.717) is 11.8 Å². The molecule has 0 N–H and O–H groups in total. The molecule has 0 bridgehead atoms. The summed E-state index contributed by atoms with van der Waals surface area (Å²) in [5.74, 6) is 3.44. The molecule has 2 aromatic heterocycles. The summed E-state index contributed by atoms with van der Waals surface area (Å²) in [5, 5.41) is 4.11. The molecule has 3 heterocycles. The number of hydrogen-bond donors (Lipinski definition) is 0. The fourth-order valence-corrected chi connectivity index (χ4v) is 3.60. The van der Waals surface area contributed by atoms with Crippen molar-refractivity contribution in [3.63, 3.8) is 0 Å². The average molecular weight is 365 g/mol. The van der Waals surface area contributed by atoms with Crippen LogP contribution in [0.1, 0.15) is 61.6 Å². The summed E-state index contributed by atoms with van der Waals surface area (Å²) in [6.07, 6.45) is 6.08. The Morgan fingerprint density at radius 1 is 1.11 bits per heavy atom. The van der Waals surface area contributed by atoms with Gasteiger partial charge in [0, 0.05) is 30.8 Å². The van der Waals surface area contributed by atoms with E-state index in [2.05, 4.69) is 75.0 Å². The van der Waals surface area contributed by atoms with Crippen LogP contribution < -0.4 is 0 Å². The second-order valence-corrected chi connectivity index (χ2v) is 7.65. The van der Waals surface area contributed by atoms with Crippen molar-refractivity contribution in [2.45, 2.75) is 51.6 Å². The third-order valence-corrected chi connectivity index (χ3v) is 5.27. The fraction of sp³-hybridized carbons (Fsp3) is 0.476. The molecule has 27 heavy (non-hydrogen) atoms. The second-order valence-electron chi connectivity index (χ2n) is 7.65. The lowest BCUT2D eigenvalue weighted by Crippen LogP contribution is -2.33. The van der Waals surface area contributed by atoms with Crippen molar-refractivity contribution in [2.75, 3.05) is 13.1 Å². The van der Waals surface area contributed by atoms with Crippen LogP contribution in [-0.4, -0.2) is 37.7 Å². The van der Waals surface area contributed by atoms with Crippen molar-refractivity contribution < 1.29 is 4.52 Å². The van der Waals surface area contributed by atoms with Gasteiger partial charge in [-0.1, -0.05) is 49.3 Å². The van der Waals surface area contributed by atoms with Crippen LogP contribution in [0.4, 0.5) is 0 Å². The van der Waals surface area contributed by atoms with Crippen LogP contribution in [0.15, 0.2) is 47.2 Å². The molecule has 0 unspecified atom stereocenters. The molecule has 0 radical (unpaired) electrons. The van der Waals surface area contributed by atoms with Gasteiger partial charge in [-0.3, -0.25) is 4.90 Å². The van der Waals surface area contributed by atoms with Crippen molar-refractivity contribution >= 4 is 0 Å². The Balaban J connectivity index is 1.34. The van der Waals surface area contributed by atoms with Crippen LogP contribution in [0, 0.1) is 0 Å². The van der Waals surface area contributed by atoms with Gasteiger partial charge in [-0.15, -0.1) is 0 Å². The molecule has 0 amide bonds. The predicted molar refractivity (Wildman–Crippen MR) is 103 cm³/mol. The minimum atomic E-state index is 0.311. The Bertz CT molecular complexity index is 846. The van der Waals surface area contributed by atoms with Crippen molar-refractivity contribution in [3.05, 3.63) is 65.8 Å². The van der Waals surface area contributed by atoms with E-state index in [0.717, 1.165) is 56.6 Å². The summed E-state index contributed by atoms with van der Waals surface area (Å²) in [4.78, 5) is 11.6. The van der Waals surface area contributed by atoms with Crippen LogP contribution in [0.25, 0.3) is 0 Å². The van der Waals surface area contributed by atoms with Gasteiger partial charge in [0.1, 0.15) is 5.82 Å². The molecule has 1 aliphatic rings. The average Bonchev–Trinajstić information content (AvgIpc) is 3.34. The highest BCUT2D eigenvalue weighted by atomic mass is 16.5. The molecule has 142 valence electrons. The topological polar surface area (TPSA) is 60.0 Å². The van der Waals surface area contributed by atoms with Gasteiger partial charge in [-0.05, 0) is 31.5 Å². The summed E-state index contributed by atoms with van der Waals surface area (Å²) in [5.41, 5.74) is 1.30. The summed E-state index contributed by atoms with van der Waals surface area (Å²) in [6.45, 7) is 7.99. The van der Waals surface area contributed by atoms with Gasteiger partial charge in [-0.25, -0.2) is 4.98 Å². The first-order valence-electron chi connectivity index (χ1n) is 9.79. The minimum absolute atomic E-state index is 0.311. The number of piperidine rings is 1. The Hall–Kier alpha value is -2.47. The van der Waals surface area contributed by atoms with Crippen LogP contribution in [0.2, 0.25) is 0 Å². The third-order valence-electron chi connectivity index (χ3n) is 5.27. The van der Waals surface area contributed by atoms with Gasteiger partial charge in [0.2, 0.25) is 5.89 Å². The van der Waals surface area contributed by atoms with Crippen molar-refractivity contribution in [1.29, 1.82) is 0 Å². The van der Waals surface area contributed by atoms with E-state index in [9.17, 15) is 0 Å². The van der Waals surface area contributed by atoms with E-state index in [4.69, 9.17) is 4.52 Å². The molecule has 1 aromatic carbocycles. The molecule has 3 aromatic rings. The van der Waals surface area contributed by atoms with Gasteiger partial charge >= 0.3 is 0 Å². The highest BCUT2D eigenvalue weighted by Crippen LogP contribution is 2.28. The SMILES string of the molecule is CC(C)c1noc(C2CCN(Cc3nccn3Cc3ccccc3)CC2)n1. The van der Waals surface area contributed by atoms with E-state index >= 15 is 0 Å². The van der Waals surface area contributed by atoms with Crippen molar-refractivity contribution in [1.82, 2.24) is 24.6 Å². The van der Waals surface area contributed by atoms with Gasteiger partial charge in [-0.2, -0.15) is 4.98 Å². The standard InChI is InChI=1S/C21H27N5O/c1-16(2)20-23-21(27-24-20)18-8-11-25(12-9-18)15-19-22-10-13-26(19)14-17-6-4-3-5-7-17/h3-7,10,13,16,18H,8-9,11-12,14-15H2,1-2H3. The Labute approximate surface area is 160 Å². The zero-order chi connectivity index (χ0) is 18.6. The molecule has 1 aliphatic heterocycles. The lowest BCUT2D eigenvalue weighted by molar-refractivity contribution is 0.182. The van der Waals surface area contributed by atoms with Gasteiger partial charge in [0.15, 0.2) is 5.82 Å². The minimum Gasteiger partial charge on any atom is -0.339 e. The number of rotatable bonds is 6. The number of benzene rings is 1. The van der Waals surface area contributed by atoms with Gasteiger partial charge in [0.25, 0.3) is 0 Å². The molecule has 6 heteroatoms. The van der Waals surface area contributed by atoms with Crippen LogP contribution in [-0.2, 0) is 13.1 Å². The van der Waals surface area contributed by atoms with E-state index in [1.165, 1.54) is 5.56 Å². The quantitative estimate of drug-likeness (QED) is 0.665. The molecule has 6 nitrogen and oxygen atoms in total. The fourth-order valence-electron chi connectivity index (χ4n) is 3.60. The van der Waals surface area contributed by atoms with E-state index in [1.807, 2.05) is 6.20 Å². The Morgan fingerprint density at radius 2 is 1.89 bits per heavy atom. The molecule has 0 aliphatic carbocycles. The van der Waals surface area contributed by atoms with Crippen molar-refractivity contribution in [3.8, 4) is 0 Å². The monoisotopic (exact) mass is 365 g/mol. The lowest BCUT2D eigenvalue weighted by atomic mass is 9.97.